The van der Waals surface area contributed by atoms with E-state index in [1.807, 2.05) is 37.3 Å². The van der Waals surface area contributed by atoms with E-state index in [1.165, 1.54) is 0 Å². The standard InChI is InChI=1S/C17H11ClN2O/c1-11-8-14(18)6-7-16(11)21-17-13(10-19)9-12-4-2-3-5-15(12)20-17/h2-9H,1H3. The number of nitriles is 1. The van der Waals surface area contributed by atoms with Crippen LogP contribution in [0.15, 0.2) is 48.5 Å². The summed E-state index contributed by atoms with van der Waals surface area (Å²) >= 11 is 5.93. The molecule has 0 aliphatic carbocycles. The van der Waals surface area contributed by atoms with Gasteiger partial charge in [0, 0.05) is 10.4 Å². The Morgan fingerprint density at radius 1 is 1.14 bits per heavy atom. The molecule has 1 heterocycles. The second-order valence-corrected chi connectivity index (χ2v) is 5.09. The number of pyridine rings is 1. The van der Waals surface area contributed by atoms with Crippen LogP contribution in [-0.4, -0.2) is 4.98 Å². The first-order chi connectivity index (χ1) is 10.2. The van der Waals surface area contributed by atoms with Gasteiger partial charge in [-0.1, -0.05) is 29.8 Å². The summed E-state index contributed by atoms with van der Waals surface area (Å²) in [6.07, 6.45) is 0. The Hall–Kier alpha value is -2.57. The molecule has 0 saturated heterocycles. The molecule has 102 valence electrons. The highest BCUT2D eigenvalue weighted by Gasteiger charge is 2.10. The maximum atomic E-state index is 9.28. The number of hydrogen-bond donors (Lipinski definition) is 0. The molecule has 0 atom stereocenters. The third-order valence-electron chi connectivity index (χ3n) is 3.15. The van der Waals surface area contributed by atoms with Crippen molar-refractivity contribution in [3.8, 4) is 17.7 Å². The summed E-state index contributed by atoms with van der Waals surface area (Å²) < 4.78 is 5.80. The number of hydrogen-bond acceptors (Lipinski definition) is 3. The van der Waals surface area contributed by atoms with E-state index in [2.05, 4.69) is 11.1 Å². The van der Waals surface area contributed by atoms with Crippen molar-refractivity contribution in [2.45, 2.75) is 6.92 Å². The van der Waals surface area contributed by atoms with Crippen LogP contribution in [0.3, 0.4) is 0 Å². The number of ether oxygens (including phenoxy) is 1. The first kappa shape index (κ1) is 13.4. The summed E-state index contributed by atoms with van der Waals surface area (Å²) in [4.78, 5) is 4.43. The first-order valence-electron chi connectivity index (χ1n) is 6.41. The fraction of sp³-hybridized carbons (Fsp3) is 0.0588. The number of aromatic nitrogens is 1. The SMILES string of the molecule is Cc1cc(Cl)ccc1Oc1nc2ccccc2cc1C#N. The number of fused-ring (bicyclic) bond motifs is 1. The van der Waals surface area contributed by atoms with Crippen molar-refractivity contribution in [2.75, 3.05) is 0 Å². The Bertz CT molecular complexity index is 868. The molecule has 0 amide bonds. The number of benzene rings is 2. The highest BCUT2D eigenvalue weighted by molar-refractivity contribution is 6.30. The minimum absolute atomic E-state index is 0.307. The van der Waals surface area contributed by atoms with Gasteiger partial charge in [-0.15, -0.1) is 0 Å². The normalized spacial score (nSPS) is 10.3. The molecular weight excluding hydrogens is 284 g/mol. The topological polar surface area (TPSA) is 45.9 Å². The van der Waals surface area contributed by atoms with Gasteiger partial charge in [0.25, 0.3) is 0 Å². The lowest BCUT2D eigenvalue weighted by Crippen LogP contribution is -1.94. The van der Waals surface area contributed by atoms with Crippen LogP contribution in [0.1, 0.15) is 11.1 Å². The van der Waals surface area contributed by atoms with Crippen molar-refractivity contribution in [1.82, 2.24) is 4.98 Å². The molecule has 0 N–H and O–H groups in total. The molecule has 3 rings (SSSR count). The van der Waals surface area contributed by atoms with Crippen LogP contribution < -0.4 is 4.74 Å². The van der Waals surface area contributed by atoms with Crippen molar-refractivity contribution in [1.29, 1.82) is 5.26 Å². The summed E-state index contributed by atoms with van der Waals surface area (Å²) in [5, 5.41) is 10.8. The van der Waals surface area contributed by atoms with Crippen molar-refractivity contribution in [3.05, 3.63) is 64.7 Å². The van der Waals surface area contributed by atoms with E-state index in [-0.39, 0.29) is 0 Å². The fourth-order valence-corrected chi connectivity index (χ4v) is 2.31. The largest absolute Gasteiger partial charge is 0.437 e. The summed E-state index contributed by atoms with van der Waals surface area (Å²) in [6, 6.07) is 16.9. The summed E-state index contributed by atoms with van der Waals surface area (Å²) in [6.45, 7) is 1.90. The van der Waals surface area contributed by atoms with E-state index < -0.39 is 0 Å². The van der Waals surface area contributed by atoms with E-state index >= 15 is 0 Å². The first-order valence-corrected chi connectivity index (χ1v) is 6.79. The third-order valence-corrected chi connectivity index (χ3v) is 3.39. The van der Waals surface area contributed by atoms with Crippen molar-refractivity contribution in [2.24, 2.45) is 0 Å². The Morgan fingerprint density at radius 2 is 1.95 bits per heavy atom. The highest BCUT2D eigenvalue weighted by atomic mass is 35.5. The molecular formula is C17H11ClN2O. The zero-order valence-electron chi connectivity index (χ0n) is 11.3. The van der Waals surface area contributed by atoms with Gasteiger partial charge in [0.2, 0.25) is 5.88 Å². The Labute approximate surface area is 127 Å². The fourth-order valence-electron chi connectivity index (χ4n) is 2.09. The van der Waals surface area contributed by atoms with Gasteiger partial charge in [0.15, 0.2) is 0 Å². The smallest absolute Gasteiger partial charge is 0.237 e. The van der Waals surface area contributed by atoms with E-state index in [9.17, 15) is 5.26 Å². The zero-order valence-corrected chi connectivity index (χ0v) is 12.1. The van der Waals surface area contributed by atoms with Gasteiger partial charge in [0.1, 0.15) is 17.4 Å². The monoisotopic (exact) mass is 294 g/mol. The molecule has 0 radical (unpaired) electrons. The van der Waals surface area contributed by atoms with Crippen LogP contribution in [0.5, 0.6) is 11.6 Å². The average Bonchev–Trinajstić information content (AvgIpc) is 2.49. The van der Waals surface area contributed by atoms with Gasteiger partial charge in [-0.25, -0.2) is 4.98 Å². The van der Waals surface area contributed by atoms with E-state index in [0.717, 1.165) is 16.5 Å². The second kappa shape index (κ2) is 5.43. The molecule has 3 aromatic rings. The number of halogens is 1. The predicted molar refractivity (Wildman–Crippen MR) is 82.7 cm³/mol. The lowest BCUT2D eigenvalue weighted by Gasteiger charge is -2.10. The van der Waals surface area contributed by atoms with Crippen LogP contribution in [0.4, 0.5) is 0 Å². The Kier molecular flexibility index (Phi) is 3.47. The van der Waals surface area contributed by atoms with Crippen molar-refractivity contribution < 1.29 is 4.74 Å². The molecule has 21 heavy (non-hydrogen) atoms. The molecule has 0 aliphatic rings. The molecule has 0 unspecified atom stereocenters. The van der Waals surface area contributed by atoms with Crippen molar-refractivity contribution >= 4 is 22.5 Å². The van der Waals surface area contributed by atoms with Crippen molar-refractivity contribution in [3.63, 3.8) is 0 Å². The molecule has 0 saturated carbocycles. The van der Waals surface area contributed by atoms with Gasteiger partial charge in [-0.2, -0.15) is 5.26 Å². The molecule has 4 heteroatoms. The maximum absolute atomic E-state index is 9.28. The van der Waals surface area contributed by atoms with Crippen LogP contribution in [0.2, 0.25) is 5.02 Å². The summed E-state index contributed by atoms with van der Waals surface area (Å²) in [5.41, 5.74) is 2.09. The van der Waals surface area contributed by atoms with Gasteiger partial charge < -0.3 is 4.74 Å². The second-order valence-electron chi connectivity index (χ2n) is 4.66. The molecule has 3 nitrogen and oxygen atoms in total. The van der Waals surface area contributed by atoms with Gasteiger partial charge in [-0.3, -0.25) is 0 Å². The van der Waals surface area contributed by atoms with Crippen LogP contribution in [-0.2, 0) is 0 Å². The Morgan fingerprint density at radius 3 is 2.71 bits per heavy atom. The van der Waals surface area contributed by atoms with Gasteiger partial charge in [-0.05, 0) is 42.8 Å². The molecule has 0 fully saturated rings. The van der Waals surface area contributed by atoms with E-state index in [1.54, 1.807) is 18.2 Å². The molecule has 2 aromatic carbocycles. The van der Waals surface area contributed by atoms with E-state index in [0.29, 0.717) is 22.2 Å². The van der Waals surface area contributed by atoms with Gasteiger partial charge >= 0.3 is 0 Å². The lowest BCUT2D eigenvalue weighted by atomic mass is 10.1. The number of rotatable bonds is 2. The highest BCUT2D eigenvalue weighted by Crippen LogP contribution is 2.29. The lowest BCUT2D eigenvalue weighted by molar-refractivity contribution is 0.460. The minimum Gasteiger partial charge on any atom is -0.437 e. The minimum atomic E-state index is 0.307. The molecule has 0 bridgehead atoms. The quantitative estimate of drug-likeness (QED) is 0.678. The molecule has 1 aromatic heterocycles. The number of para-hydroxylation sites is 1. The van der Waals surface area contributed by atoms with Crippen LogP contribution in [0.25, 0.3) is 10.9 Å². The number of aryl methyl sites for hydroxylation is 1. The van der Waals surface area contributed by atoms with E-state index in [4.69, 9.17) is 16.3 Å². The summed E-state index contributed by atoms with van der Waals surface area (Å²) in [5.74, 6) is 0.945. The third kappa shape index (κ3) is 2.67. The predicted octanol–water partition coefficient (Wildman–Crippen LogP) is 4.86. The molecule has 0 spiro atoms. The summed E-state index contributed by atoms with van der Waals surface area (Å²) in [7, 11) is 0. The van der Waals surface area contributed by atoms with Crippen LogP contribution in [0, 0.1) is 18.3 Å². The van der Waals surface area contributed by atoms with Gasteiger partial charge in [0.05, 0.1) is 5.52 Å². The average molecular weight is 295 g/mol. The Balaban J connectivity index is 2.09. The zero-order chi connectivity index (χ0) is 14.8. The number of nitrogens with zero attached hydrogens (tertiary/aromatic N) is 2. The van der Waals surface area contributed by atoms with Crippen LogP contribution >= 0.6 is 11.6 Å². The maximum Gasteiger partial charge on any atom is 0.237 e. The molecule has 0 aliphatic heterocycles.